The van der Waals surface area contributed by atoms with Gasteiger partial charge in [-0.2, -0.15) is 0 Å². The van der Waals surface area contributed by atoms with Crippen LogP contribution in [0.4, 0.5) is 4.79 Å². The summed E-state index contributed by atoms with van der Waals surface area (Å²) in [5.41, 5.74) is 1.46. The molecule has 9 heteroatoms. The zero-order valence-corrected chi connectivity index (χ0v) is 20.0. The first-order chi connectivity index (χ1) is 14.8. The molecule has 0 aliphatic carbocycles. The predicted octanol–water partition coefficient (Wildman–Crippen LogP) is 7.07. The van der Waals surface area contributed by atoms with Crippen molar-refractivity contribution >= 4 is 63.8 Å². The maximum Gasteiger partial charge on any atom is 0.293 e. The van der Waals surface area contributed by atoms with Gasteiger partial charge in [-0.3, -0.25) is 14.5 Å². The smallest absolute Gasteiger partial charge is 0.293 e. The Balaban J connectivity index is 1.85. The summed E-state index contributed by atoms with van der Waals surface area (Å²) >= 11 is 19.4. The van der Waals surface area contributed by atoms with E-state index >= 15 is 0 Å². The van der Waals surface area contributed by atoms with Crippen molar-refractivity contribution in [3.05, 3.63) is 61.4 Å². The second-order valence-corrected chi connectivity index (χ2v) is 8.85. The van der Waals surface area contributed by atoms with E-state index in [1.165, 1.54) is 4.90 Å². The van der Waals surface area contributed by atoms with Crippen molar-refractivity contribution in [1.29, 1.82) is 0 Å². The topological polar surface area (TPSA) is 55.8 Å². The lowest BCUT2D eigenvalue weighted by atomic mass is 10.1. The third-order valence-corrected chi connectivity index (χ3v) is 6.24. The van der Waals surface area contributed by atoms with Gasteiger partial charge in [0.15, 0.2) is 11.5 Å². The summed E-state index contributed by atoms with van der Waals surface area (Å²) < 4.78 is 11.6. The van der Waals surface area contributed by atoms with E-state index in [1.54, 1.807) is 30.3 Å². The maximum absolute atomic E-state index is 12.5. The molecule has 0 aromatic heterocycles. The van der Waals surface area contributed by atoms with Crippen molar-refractivity contribution in [3.63, 3.8) is 0 Å². The third kappa shape index (κ3) is 5.69. The summed E-state index contributed by atoms with van der Waals surface area (Å²) in [6.07, 6.45) is 2.34. The number of amides is 2. The Morgan fingerprint density at radius 3 is 2.45 bits per heavy atom. The van der Waals surface area contributed by atoms with E-state index in [1.807, 2.05) is 19.9 Å². The Kier molecular flexibility index (Phi) is 8.17. The molecular weight excluding hydrogens is 481 g/mol. The van der Waals surface area contributed by atoms with E-state index < -0.39 is 0 Å². The molecule has 2 aromatic rings. The average Bonchev–Trinajstić information content (AvgIpc) is 2.98. The van der Waals surface area contributed by atoms with Crippen LogP contribution in [-0.2, 0) is 11.4 Å². The van der Waals surface area contributed by atoms with Crippen LogP contribution in [0.3, 0.4) is 0 Å². The van der Waals surface area contributed by atoms with Crippen LogP contribution >= 0.6 is 46.6 Å². The quantitative estimate of drug-likeness (QED) is 0.363. The normalized spacial score (nSPS) is 15.1. The maximum atomic E-state index is 12.5. The van der Waals surface area contributed by atoms with Gasteiger partial charge in [-0.1, -0.05) is 47.8 Å². The molecule has 1 heterocycles. The Morgan fingerprint density at radius 2 is 1.77 bits per heavy atom. The minimum atomic E-state index is -0.300. The standard InChI is InChI=1S/C22H20Cl3NO4S/c1-3-7-26-21(27)19(31-22(26)28)11-14-9-17(25)20(18(10-14)29-4-2)30-12-13-5-6-15(23)16(24)8-13/h5-6,8-11H,3-4,7,12H2,1-2H3/b19-11+. The van der Waals surface area contributed by atoms with Gasteiger partial charge < -0.3 is 9.47 Å². The number of carbonyl (C=O) groups excluding carboxylic acids is 2. The molecule has 1 saturated heterocycles. The van der Waals surface area contributed by atoms with Crippen LogP contribution in [-0.4, -0.2) is 29.2 Å². The molecule has 0 spiro atoms. The number of hydrogen-bond acceptors (Lipinski definition) is 5. The van der Waals surface area contributed by atoms with Gasteiger partial charge >= 0.3 is 0 Å². The molecule has 0 bridgehead atoms. The van der Waals surface area contributed by atoms with Crippen molar-refractivity contribution in [1.82, 2.24) is 4.90 Å². The minimum absolute atomic E-state index is 0.214. The average molecular weight is 501 g/mol. The first-order valence-electron chi connectivity index (χ1n) is 9.62. The van der Waals surface area contributed by atoms with Crippen molar-refractivity contribution in [3.8, 4) is 11.5 Å². The highest BCUT2D eigenvalue weighted by molar-refractivity contribution is 8.18. The van der Waals surface area contributed by atoms with Crippen LogP contribution in [0.2, 0.25) is 15.1 Å². The molecule has 1 fully saturated rings. The molecule has 0 saturated carbocycles. The summed E-state index contributed by atoms with van der Waals surface area (Å²) in [7, 11) is 0. The lowest BCUT2D eigenvalue weighted by Crippen LogP contribution is -2.28. The van der Waals surface area contributed by atoms with Crippen LogP contribution in [0.15, 0.2) is 35.2 Å². The molecule has 1 aliphatic rings. The monoisotopic (exact) mass is 499 g/mol. The molecule has 0 N–H and O–H groups in total. The summed E-state index contributed by atoms with van der Waals surface area (Å²) in [4.78, 5) is 26.2. The van der Waals surface area contributed by atoms with Crippen LogP contribution in [0, 0.1) is 0 Å². The van der Waals surface area contributed by atoms with Crippen molar-refractivity contribution in [2.24, 2.45) is 0 Å². The Morgan fingerprint density at radius 1 is 1.00 bits per heavy atom. The van der Waals surface area contributed by atoms with E-state index in [4.69, 9.17) is 44.3 Å². The lowest BCUT2D eigenvalue weighted by molar-refractivity contribution is -0.122. The molecular formula is C22H20Cl3NO4S. The summed E-state index contributed by atoms with van der Waals surface area (Å²) in [6.45, 7) is 4.77. The SMILES string of the molecule is CCCN1C(=O)S/C(=C/c2cc(Cl)c(OCc3ccc(Cl)c(Cl)c3)c(OCC)c2)C1=O. The fraction of sp³-hybridized carbons (Fsp3) is 0.273. The molecule has 0 radical (unpaired) electrons. The Hall–Kier alpha value is -1.86. The molecule has 164 valence electrons. The van der Waals surface area contributed by atoms with Gasteiger partial charge in [0.05, 0.1) is 26.6 Å². The van der Waals surface area contributed by atoms with Crippen LogP contribution < -0.4 is 9.47 Å². The number of hydrogen-bond donors (Lipinski definition) is 0. The largest absolute Gasteiger partial charge is 0.490 e. The predicted molar refractivity (Wildman–Crippen MR) is 126 cm³/mol. The van der Waals surface area contributed by atoms with Crippen molar-refractivity contribution < 1.29 is 19.1 Å². The number of nitrogens with zero attached hydrogens (tertiary/aromatic N) is 1. The number of carbonyl (C=O) groups is 2. The number of thioether (sulfide) groups is 1. The first kappa shape index (κ1) is 23.8. The highest BCUT2D eigenvalue weighted by atomic mass is 35.5. The van der Waals surface area contributed by atoms with Gasteiger partial charge in [0, 0.05) is 6.54 Å². The van der Waals surface area contributed by atoms with E-state index in [9.17, 15) is 9.59 Å². The van der Waals surface area contributed by atoms with Gasteiger partial charge in [0.25, 0.3) is 11.1 Å². The molecule has 0 atom stereocenters. The van der Waals surface area contributed by atoms with Gasteiger partial charge in [-0.25, -0.2) is 0 Å². The van der Waals surface area contributed by atoms with Crippen LogP contribution in [0.25, 0.3) is 6.08 Å². The molecule has 5 nitrogen and oxygen atoms in total. The van der Waals surface area contributed by atoms with E-state index in [0.717, 1.165) is 17.3 Å². The fourth-order valence-electron chi connectivity index (χ4n) is 2.93. The Labute approximate surface area is 200 Å². The zero-order chi connectivity index (χ0) is 22.5. The Bertz CT molecular complexity index is 1040. The molecule has 0 unspecified atom stereocenters. The highest BCUT2D eigenvalue weighted by Crippen LogP contribution is 2.39. The third-order valence-electron chi connectivity index (χ3n) is 4.32. The van der Waals surface area contributed by atoms with Crippen LogP contribution in [0.1, 0.15) is 31.4 Å². The van der Waals surface area contributed by atoms with Gasteiger partial charge in [0.2, 0.25) is 0 Å². The summed E-state index contributed by atoms with van der Waals surface area (Å²) in [5.74, 6) is 0.519. The molecule has 2 aromatic carbocycles. The number of halogens is 3. The molecule has 2 amide bonds. The zero-order valence-electron chi connectivity index (χ0n) is 16.9. The first-order valence-corrected chi connectivity index (χ1v) is 11.6. The molecule has 3 rings (SSSR count). The van der Waals surface area contributed by atoms with E-state index in [2.05, 4.69) is 0 Å². The highest BCUT2D eigenvalue weighted by Gasteiger charge is 2.34. The second kappa shape index (κ2) is 10.6. The molecule has 31 heavy (non-hydrogen) atoms. The van der Waals surface area contributed by atoms with E-state index in [0.29, 0.717) is 56.6 Å². The molecule has 1 aliphatic heterocycles. The van der Waals surface area contributed by atoms with Gasteiger partial charge in [0.1, 0.15) is 6.61 Å². The number of rotatable bonds is 8. The summed E-state index contributed by atoms with van der Waals surface area (Å²) in [6, 6.07) is 8.62. The van der Waals surface area contributed by atoms with Gasteiger partial charge in [-0.05, 0) is 66.6 Å². The lowest BCUT2D eigenvalue weighted by Gasteiger charge is -2.15. The second-order valence-electron chi connectivity index (χ2n) is 6.63. The number of benzene rings is 2. The minimum Gasteiger partial charge on any atom is -0.490 e. The van der Waals surface area contributed by atoms with Gasteiger partial charge in [-0.15, -0.1) is 0 Å². The number of ether oxygens (including phenoxy) is 2. The fourth-order valence-corrected chi connectivity index (χ4v) is 4.39. The van der Waals surface area contributed by atoms with Crippen molar-refractivity contribution in [2.75, 3.05) is 13.2 Å². The number of imide groups is 1. The van der Waals surface area contributed by atoms with Crippen LogP contribution in [0.5, 0.6) is 11.5 Å². The van der Waals surface area contributed by atoms with E-state index in [-0.39, 0.29) is 17.8 Å². The summed E-state index contributed by atoms with van der Waals surface area (Å²) in [5, 5.41) is 0.957. The van der Waals surface area contributed by atoms with Crippen molar-refractivity contribution in [2.45, 2.75) is 26.9 Å².